The molecule has 0 unspecified atom stereocenters. The maximum Gasteiger partial charge on any atom is 0.150 e. The Hall–Kier alpha value is -1.87. The molecule has 0 saturated heterocycles. The molecule has 0 aliphatic carbocycles. The Morgan fingerprint density at radius 2 is 2.12 bits per heavy atom. The van der Waals surface area contributed by atoms with Gasteiger partial charge in [-0.15, -0.1) is 0 Å². The van der Waals surface area contributed by atoms with Crippen molar-refractivity contribution in [3.63, 3.8) is 0 Å². The molecule has 2 rings (SSSR count). The van der Waals surface area contributed by atoms with Crippen LogP contribution in [0.25, 0.3) is 11.3 Å². The summed E-state index contributed by atoms with van der Waals surface area (Å²) in [6.45, 7) is 0. The van der Waals surface area contributed by atoms with Crippen molar-refractivity contribution in [3.8, 4) is 17.0 Å². The summed E-state index contributed by atoms with van der Waals surface area (Å²) >= 11 is 5.68. The quantitative estimate of drug-likeness (QED) is 0.812. The Labute approximate surface area is 97.3 Å². The SMILES string of the molecule is O=Cc1cccc(-c2ncc(Cl)cc2O)c1. The first-order valence-electron chi connectivity index (χ1n) is 4.61. The Balaban J connectivity index is 2.53. The van der Waals surface area contributed by atoms with Gasteiger partial charge < -0.3 is 5.11 Å². The smallest absolute Gasteiger partial charge is 0.150 e. The zero-order valence-electron chi connectivity index (χ0n) is 8.22. The van der Waals surface area contributed by atoms with Crippen LogP contribution in [0.1, 0.15) is 10.4 Å². The number of benzene rings is 1. The van der Waals surface area contributed by atoms with Crippen LogP contribution >= 0.6 is 11.6 Å². The molecule has 0 aliphatic heterocycles. The Morgan fingerprint density at radius 3 is 2.81 bits per heavy atom. The molecule has 3 nitrogen and oxygen atoms in total. The van der Waals surface area contributed by atoms with Gasteiger partial charge in [0.15, 0.2) is 0 Å². The number of pyridine rings is 1. The fraction of sp³-hybridized carbons (Fsp3) is 0. The highest BCUT2D eigenvalue weighted by Crippen LogP contribution is 2.29. The second kappa shape index (κ2) is 4.33. The van der Waals surface area contributed by atoms with Crippen molar-refractivity contribution in [1.29, 1.82) is 0 Å². The van der Waals surface area contributed by atoms with E-state index in [9.17, 15) is 9.90 Å². The highest BCUT2D eigenvalue weighted by Gasteiger charge is 2.06. The predicted molar refractivity (Wildman–Crippen MR) is 61.7 cm³/mol. The van der Waals surface area contributed by atoms with E-state index in [2.05, 4.69) is 4.98 Å². The highest BCUT2D eigenvalue weighted by molar-refractivity contribution is 6.30. The van der Waals surface area contributed by atoms with Crippen molar-refractivity contribution in [3.05, 3.63) is 47.1 Å². The summed E-state index contributed by atoms with van der Waals surface area (Å²) in [5, 5.41) is 10.0. The lowest BCUT2D eigenvalue weighted by Gasteiger charge is -2.04. The molecule has 80 valence electrons. The van der Waals surface area contributed by atoms with E-state index < -0.39 is 0 Å². The van der Waals surface area contributed by atoms with Crippen molar-refractivity contribution in [2.45, 2.75) is 0 Å². The predicted octanol–water partition coefficient (Wildman–Crippen LogP) is 2.92. The zero-order valence-corrected chi connectivity index (χ0v) is 8.98. The number of hydrogen-bond donors (Lipinski definition) is 1. The Morgan fingerprint density at radius 1 is 1.31 bits per heavy atom. The minimum atomic E-state index is -0.00412. The number of carbonyl (C=O) groups is 1. The maximum atomic E-state index is 10.6. The molecule has 1 aromatic carbocycles. The van der Waals surface area contributed by atoms with Crippen molar-refractivity contribution in [1.82, 2.24) is 4.98 Å². The first-order chi connectivity index (χ1) is 7.70. The zero-order chi connectivity index (χ0) is 11.5. The van der Waals surface area contributed by atoms with E-state index >= 15 is 0 Å². The molecule has 0 radical (unpaired) electrons. The lowest BCUT2D eigenvalue weighted by Crippen LogP contribution is -1.86. The van der Waals surface area contributed by atoms with Crippen LogP contribution < -0.4 is 0 Å². The molecule has 1 N–H and O–H groups in total. The summed E-state index contributed by atoms with van der Waals surface area (Å²) in [6.07, 6.45) is 2.20. The van der Waals surface area contributed by atoms with Gasteiger partial charge in [0.2, 0.25) is 0 Å². The number of nitrogens with zero attached hydrogens (tertiary/aromatic N) is 1. The molecule has 0 fully saturated rings. The maximum absolute atomic E-state index is 10.6. The third-order valence-corrected chi connectivity index (χ3v) is 2.34. The van der Waals surface area contributed by atoms with Crippen LogP contribution in [-0.2, 0) is 0 Å². The van der Waals surface area contributed by atoms with Gasteiger partial charge in [-0.05, 0) is 6.07 Å². The van der Waals surface area contributed by atoms with Gasteiger partial charge in [0.05, 0.1) is 5.02 Å². The van der Waals surface area contributed by atoms with Crippen LogP contribution in [0.3, 0.4) is 0 Å². The molecule has 0 bridgehead atoms. The summed E-state index contributed by atoms with van der Waals surface area (Å²) in [4.78, 5) is 14.7. The van der Waals surface area contributed by atoms with Gasteiger partial charge in [-0.25, -0.2) is 0 Å². The van der Waals surface area contributed by atoms with E-state index in [4.69, 9.17) is 11.6 Å². The molecule has 0 atom stereocenters. The highest BCUT2D eigenvalue weighted by atomic mass is 35.5. The fourth-order valence-electron chi connectivity index (χ4n) is 1.41. The largest absolute Gasteiger partial charge is 0.506 e. The van der Waals surface area contributed by atoms with Gasteiger partial charge in [0.1, 0.15) is 17.7 Å². The van der Waals surface area contributed by atoms with Gasteiger partial charge in [-0.3, -0.25) is 9.78 Å². The number of rotatable bonds is 2. The van der Waals surface area contributed by atoms with E-state index in [0.29, 0.717) is 21.8 Å². The number of carbonyl (C=O) groups excluding carboxylic acids is 1. The van der Waals surface area contributed by atoms with Gasteiger partial charge in [-0.1, -0.05) is 29.8 Å². The van der Waals surface area contributed by atoms with Gasteiger partial charge in [0.25, 0.3) is 0 Å². The normalized spacial score (nSPS) is 10.1. The third kappa shape index (κ3) is 2.04. The first kappa shape index (κ1) is 10.6. The van der Waals surface area contributed by atoms with E-state index in [1.807, 2.05) is 0 Å². The third-order valence-electron chi connectivity index (χ3n) is 2.13. The summed E-state index contributed by atoms with van der Waals surface area (Å²) < 4.78 is 0. The van der Waals surface area contributed by atoms with Crippen molar-refractivity contribution >= 4 is 17.9 Å². The summed E-state index contributed by atoms with van der Waals surface area (Å²) in [5.41, 5.74) is 1.63. The molecule has 4 heteroatoms. The average molecular weight is 234 g/mol. The first-order valence-corrected chi connectivity index (χ1v) is 4.98. The van der Waals surface area contributed by atoms with Gasteiger partial charge in [0, 0.05) is 23.4 Å². The van der Waals surface area contributed by atoms with E-state index in [0.717, 1.165) is 6.29 Å². The minimum absolute atomic E-state index is 0.00412. The molecular formula is C12H8ClNO2. The molecule has 1 heterocycles. The van der Waals surface area contributed by atoms with Gasteiger partial charge in [-0.2, -0.15) is 0 Å². The molecule has 2 aromatic rings. The summed E-state index contributed by atoms with van der Waals surface area (Å²) in [5.74, 6) is -0.00412. The van der Waals surface area contributed by atoms with Crippen molar-refractivity contribution < 1.29 is 9.90 Å². The van der Waals surface area contributed by atoms with E-state index in [1.165, 1.54) is 12.3 Å². The molecule has 0 spiro atoms. The van der Waals surface area contributed by atoms with E-state index in [-0.39, 0.29) is 5.75 Å². The standard InChI is InChI=1S/C12H8ClNO2/c13-10-5-11(16)12(14-6-10)9-3-1-2-8(4-9)7-15/h1-7,16H. The van der Waals surface area contributed by atoms with Crippen LogP contribution in [0.5, 0.6) is 5.75 Å². The molecule has 0 aliphatic rings. The Kier molecular flexibility index (Phi) is 2.88. The second-order valence-corrected chi connectivity index (χ2v) is 3.70. The fourth-order valence-corrected chi connectivity index (χ4v) is 1.56. The molecule has 1 aromatic heterocycles. The average Bonchev–Trinajstić information content (AvgIpc) is 2.29. The minimum Gasteiger partial charge on any atom is -0.506 e. The molecular weight excluding hydrogens is 226 g/mol. The van der Waals surface area contributed by atoms with Crippen LogP contribution in [0.4, 0.5) is 0 Å². The van der Waals surface area contributed by atoms with Crippen LogP contribution in [0, 0.1) is 0 Å². The number of aromatic hydroxyl groups is 1. The number of hydrogen-bond acceptors (Lipinski definition) is 3. The van der Waals surface area contributed by atoms with Crippen LogP contribution in [-0.4, -0.2) is 16.4 Å². The number of halogens is 1. The van der Waals surface area contributed by atoms with Crippen LogP contribution in [0.2, 0.25) is 5.02 Å². The van der Waals surface area contributed by atoms with Gasteiger partial charge >= 0.3 is 0 Å². The summed E-state index contributed by atoms with van der Waals surface area (Å²) in [6, 6.07) is 8.25. The monoisotopic (exact) mass is 233 g/mol. The topological polar surface area (TPSA) is 50.2 Å². The molecule has 0 amide bonds. The Bertz CT molecular complexity index is 540. The lowest BCUT2D eigenvalue weighted by atomic mass is 10.1. The van der Waals surface area contributed by atoms with Crippen molar-refractivity contribution in [2.75, 3.05) is 0 Å². The molecule has 0 saturated carbocycles. The lowest BCUT2D eigenvalue weighted by molar-refractivity contribution is 0.112. The van der Waals surface area contributed by atoms with Crippen LogP contribution in [0.15, 0.2) is 36.5 Å². The number of aromatic nitrogens is 1. The number of aldehydes is 1. The second-order valence-electron chi connectivity index (χ2n) is 3.26. The van der Waals surface area contributed by atoms with Crippen molar-refractivity contribution in [2.24, 2.45) is 0 Å². The molecule has 16 heavy (non-hydrogen) atoms. The van der Waals surface area contributed by atoms with E-state index in [1.54, 1.807) is 24.3 Å². The summed E-state index contributed by atoms with van der Waals surface area (Å²) in [7, 11) is 0.